The zero-order chi connectivity index (χ0) is 12.1. The van der Waals surface area contributed by atoms with Crippen LogP contribution in [0.2, 0.25) is 0 Å². The van der Waals surface area contributed by atoms with Gasteiger partial charge in [-0.3, -0.25) is 0 Å². The summed E-state index contributed by atoms with van der Waals surface area (Å²) in [5.41, 5.74) is 9.10. The minimum atomic E-state index is -0.333. The summed E-state index contributed by atoms with van der Waals surface area (Å²) < 4.78 is 13.5. The molecule has 2 heteroatoms. The van der Waals surface area contributed by atoms with E-state index < -0.39 is 0 Å². The quantitative estimate of drug-likeness (QED) is 0.772. The maximum Gasteiger partial charge on any atom is 0.142 e. The first-order valence-corrected chi connectivity index (χ1v) is 5.33. The van der Waals surface area contributed by atoms with Gasteiger partial charge in [-0.15, -0.1) is 0 Å². The summed E-state index contributed by atoms with van der Waals surface area (Å²) in [5.74, 6) is -0.333. The van der Waals surface area contributed by atoms with Crippen LogP contribution in [-0.4, -0.2) is 0 Å². The van der Waals surface area contributed by atoms with E-state index in [0.29, 0.717) is 6.42 Å². The molecule has 2 N–H and O–H groups in total. The SMILES string of the molecule is CC(C)=C/C(F)=C(\N)Cc1ccc(C)cc1. The van der Waals surface area contributed by atoms with Gasteiger partial charge in [0, 0.05) is 12.1 Å². The van der Waals surface area contributed by atoms with E-state index in [1.807, 2.05) is 45.0 Å². The molecule has 0 radical (unpaired) electrons. The van der Waals surface area contributed by atoms with Crippen molar-refractivity contribution in [3.63, 3.8) is 0 Å². The number of aryl methyl sites for hydroxylation is 1. The molecule has 1 aromatic carbocycles. The largest absolute Gasteiger partial charge is 0.399 e. The van der Waals surface area contributed by atoms with Gasteiger partial charge in [0.1, 0.15) is 5.83 Å². The predicted molar refractivity (Wildman–Crippen MR) is 66.6 cm³/mol. The first kappa shape index (κ1) is 12.5. The van der Waals surface area contributed by atoms with Crippen molar-refractivity contribution in [2.75, 3.05) is 0 Å². The van der Waals surface area contributed by atoms with Gasteiger partial charge in [0.2, 0.25) is 0 Å². The molecule has 86 valence electrons. The number of allylic oxidation sites excluding steroid dienone is 4. The van der Waals surface area contributed by atoms with Crippen LogP contribution >= 0.6 is 0 Å². The van der Waals surface area contributed by atoms with Gasteiger partial charge < -0.3 is 5.73 Å². The van der Waals surface area contributed by atoms with Crippen LogP contribution in [0.4, 0.5) is 4.39 Å². The summed E-state index contributed by atoms with van der Waals surface area (Å²) in [5, 5.41) is 0. The van der Waals surface area contributed by atoms with Crippen LogP contribution in [-0.2, 0) is 6.42 Å². The summed E-state index contributed by atoms with van der Waals surface area (Å²) in [6, 6.07) is 7.94. The Labute approximate surface area is 96.5 Å². The minimum absolute atomic E-state index is 0.282. The predicted octanol–water partition coefficient (Wildman–Crippen LogP) is 3.64. The molecule has 0 fully saturated rings. The second-order valence-corrected chi connectivity index (χ2v) is 4.26. The molecule has 0 saturated carbocycles. The van der Waals surface area contributed by atoms with Gasteiger partial charge in [0.05, 0.1) is 0 Å². The van der Waals surface area contributed by atoms with Crippen molar-refractivity contribution in [3.8, 4) is 0 Å². The first-order valence-electron chi connectivity index (χ1n) is 5.33. The molecule has 0 atom stereocenters. The lowest BCUT2D eigenvalue weighted by Gasteiger charge is -2.03. The van der Waals surface area contributed by atoms with Crippen LogP contribution in [0.25, 0.3) is 0 Å². The van der Waals surface area contributed by atoms with E-state index in [1.54, 1.807) is 0 Å². The summed E-state index contributed by atoms with van der Waals surface area (Å²) >= 11 is 0. The summed E-state index contributed by atoms with van der Waals surface area (Å²) in [6.07, 6.45) is 1.92. The molecule has 0 amide bonds. The van der Waals surface area contributed by atoms with Crippen molar-refractivity contribution in [2.24, 2.45) is 5.73 Å². The average Bonchev–Trinajstić information content (AvgIpc) is 2.20. The molecule has 0 saturated heterocycles. The maximum atomic E-state index is 13.5. The third-order valence-electron chi connectivity index (χ3n) is 2.24. The number of halogens is 1. The molecular formula is C14H18FN. The van der Waals surface area contributed by atoms with E-state index in [1.165, 1.54) is 11.6 Å². The van der Waals surface area contributed by atoms with Crippen molar-refractivity contribution in [3.05, 3.63) is 58.6 Å². The molecule has 0 heterocycles. The molecule has 0 aliphatic carbocycles. The van der Waals surface area contributed by atoms with E-state index in [4.69, 9.17) is 5.73 Å². The van der Waals surface area contributed by atoms with E-state index in [-0.39, 0.29) is 11.5 Å². The smallest absolute Gasteiger partial charge is 0.142 e. The van der Waals surface area contributed by atoms with E-state index >= 15 is 0 Å². The van der Waals surface area contributed by atoms with Gasteiger partial charge in [0.15, 0.2) is 0 Å². The Balaban J connectivity index is 2.81. The minimum Gasteiger partial charge on any atom is -0.399 e. The van der Waals surface area contributed by atoms with Gasteiger partial charge in [0.25, 0.3) is 0 Å². The van der Waals surface area contributed by atoms with Crippen LogP contribution < -0.4 is 5.73 Å². The summed E-state index contributed by atoms with van der Waals surface area (Å²) in [7, 11) is 0. The second kappa shape index (κ2) is 5.50. The average molecular weight is 219 g/mol. The van der Waals surface area contributed by atoms with Crippen LogP contribution in [0.1, 0.15) is 25.0 Å². The molecule has 1 aromatic rings. The normalized spacial score (nSPS) is 12.0. The molecule has 0 aliphatic heterocycles. The van der Waals surface area contributed by atoms with Gasteiger partial charge in [-0.2, -0.15) is 0 Å². The van der Waals surface area contributed by atoms with E-state index in [2.05, 4.69) is 0 Å². The fourth-order valence-electron chi connectivity index (χ4n) is 1.36. The zero-order valence-electron chi connectivity index (χ0n) is 10.0. The fourth-order valence-corrected chi connectivity index (χ4v) is 1.36. The second-order valence-electron chi connectivity index (χ2n) is 4.26. The third-order valence-corrected chi connectivity index (χ3v) is 2.24. The lowest BCUT2D eigenvalue weighted by Crippen LogP contribution is -2.03. The molecule has 1 nitrogen and oxygen atoms in total. The third kappa shape index (κ3) is 3.89. The van der Waals surface area contributed by atoms with Crippen LogP contribution in [0.5, 0.6) is 0 Å². The lowest BCUT2D eigenvalue weighted by molar-refractivity contribution is 0.645. The highest BCUT2D eigenvalue weighted by molar-refractivity contribution is 5.28. The van der Waals surface area contributed by atoms with Crippen LogP contribution in [0, 0.1) is 6.92 Å². The highest BCUT2D eigenvalue weighted by Gasteiger charge is 2.01. The Hall–Kier alpha value is -1.57. The zero-order valence-corrected chi connectivity index (χ0v) is 10.0. The number of hydrogen-bond donors (Lipinski definition) is 1. The number of benzene rings is 1. The fraction of sp³-hybridized carbons (Fsp3) is 0.286. The van der Waals surface area contributed by atoms with Crippen molar-refractivity contribution >= 4 is 0 Å². The molecule has 0 spiro atoms. The van der Waals surface area contributed by atoms with Crippen LogP contribution in [0.3, 0.4) is 0 Å². The standard InChI is InChI=1S/C14H18FN/c1-10(2)8-13(15)14(16)9-12-6-4-11(3)5-7-12/h4-8H,9,16H2,1-3H3/b14-13+. The Morgan fingerprint density at radius 1 is 1.25 bits per heavy atom. The van der Waals surface area contributed by atoms with Crippen molar-refractivity contribution in [1.29, 1.82) is 0 Å². The van der Waals surface area contributed by atoms with Gasteiger partial charge >= 0.3 is 0 Å². The number of rotatable bonds is 3. The van der Waals surface area contributed by atoms with Crippen molar-refractivity contribution in [2.45, 2.75) is 27.2 Å². The van der Waals surface area contributed by atoms with Gasteiger partial charge in [-0.25, -0.2) is 4.39 Å². The Kier molecular flexibility index (Phi) is 4.29. The summed E-state index contributed by atoms with van der Waals surface area (Å²) in [4.78, 5) is 0. The Morgan fingerprint density at radius 2 is 1.81 bits per heavy atom. The monoisotopic (exact) mass is 219 g/mol. The van der Waals surface area contributed by atoms with Crippen molar-refractivity contribution < 1.29 is 4.39 Å². The molecule has 1 rings (SSSR count). The highest BCUT2D eigenvalue weighted by Crippen LogP contribution is 2.12. The number of nitrogens with two attached hydrogens (primary N) is 1. The Morgan fingerprint density at radius 3 is 2.31 bits per heavy atom. The first-order chi connectivity index (χ1) is 7.49. The molecular weight excluding hydrogens is 201 g/mol. The molecule has 0 aliphatic rings. The summed E-state index contributed by atoms with van der Waals surface area (Å²) in [6.45, 7) is 5.71. The van der Waals surface area contributed by atoms with Gasteiger partial charge in [-0.1, -0.05) is 35.4 Å². The highest BCUT2D eigenvalue weighted by atomic mass is 19.1. The maximum absolute atomic E-state index is 13.5. The molecule has 0 aromatic heterocycles. The topological polar surface area (TPSA) is 26.0 Å². The molecule has 0 unspecified atom stereocenters. The van der Waals surface area contributed by atoms with E-state index in [0.717, 1.165) is 11.1 Å². The lowest BCUT2D eigenvalue weighted by atomic mass is 10.1. The van der Waals surface area contributed by atoms with Crippen LogP contribution in [0.15, 0.2) is 47.4 Å². The number of hydrogen-bond acceptors (Lipinski definition) is 1. The Bertz CT molecular complexity index is 409. The molecule has 0 bridgehead atoms. The van der Waals surface area contributed by atoms with Gasteiger partial charge in [-0.05, 0) is 32.4 Å². The van der Waals surface area contributed by atoms with E-state index in [9.17, 15) is 4.39 Å². The molecule has 16 heavy (non-hydrogen) atoms. The van der Waals surface area contributed by atoms with Crippen molar-refractivity contribution in [1.82, 2.24) is 0 Å².